The van der Waals surface area contributed by atoms with Gasteiger partial charge in [-0.15, -0.1) is 6.42 Å². The first-order chi connectivity index (χ1) is 14.8. The van der Waals surface area contributed by atoms with Crippen molar-refractivity contribution in [3.63, 3.8) is 0 Å². The molecule has 0 bridgehead atoms. The van der Waals surface area contributed by atoms with Crippen LogP contribution in [0, 0.1) is 12.3 Å². The van der Waals surface area contributed by atoms with Gasteiger partial charge in [0.1, 0.15) is 0 Å². The van der Waals surface area contributed by atoms with Crippen LogP contribution in [-0.2, 0) is 19.6 Å². The van der Waals surface area contributed by atoms with Gasteiger partial charge < -0.3 is 10.1 Å². The Morgan fingerprint density at radius 2 is 1.71 bits per heavy atom. The van der Waals surface area contributed by atoms with E-state index in [1.807, 2.05) is 36.4 Å². The number of carbonyl (C=O) groups is 2. The average Bonchev–Trinajstić information content (AvgIpc) is 2.77. The first-order valence-corrected chi connectivity index (χ1v) is 10.8. The Morgan fingerprint density at radius 1 is 1.03 bits per heavy atom. The number of terminal acetylenes is 1. The standard InChI is InChI=1S/C23H20N2O5S/c1-3-14-24-31(28,29)21-12-9-18(10-13-21)23(27)30-16(2)22(26)25-20-11-8-17-6-4-5-7-19(17)15-20/h1,4-13,15-16,24H,14H2,2H3,(H,25,26). The maximum atomic E-state index is 12.4. The number of nitrogens with one attached hydrogen (secondary N) is 2. The molecule has 1 unspecified atom stereocenters. The van der Waals surface area contributed by atoms with Crippen molar-refractivity contribution in [3.05, 3.63) is 72.3 Å². The topological polar surface area (TPSA) is 102 Å². The van der Waals surface area contributed by atoms with Crippen molar-refractivity contribution < 1.29 is 22.7 Å². The number of hydrogen-bond acceptors (Lipinski definition) is 5. The molecule has 31 heavy (non-hydrogen) atoms. The van der Waals surface area contributed by atoms with Gasteiger partial charge in [-0.1, -0.05) is 36.3 Å². The summed E-state index contributed by atoms with van der Waals surface area (Å²) in [6, 6.07) is 18.3. The molecule has 2 N–H and O–H groups in total. The number of fused-ring (bicyclic) bond motifs is 1. The lowest BCUT2D eigenvalue weighted by atomic mass is 10.1. The highest BCUT2D eigenvalue weighted by Gasteiger charge is 2.20. The highest BCUT2D eigenvalue weighted by molar-refractivity contribution is 7.89. The van der Waals surface area contributed by atoms with Gasteiger partial charge >= 0.3 is 5.97 Å². The maximum Gasteiger partial charge on any atom is 0.338 e. The third-order valence-electron chi connectivity index (χ3n) is 4.43. The predicted octanol–water partition coefficient (Wildman–Crippen LogP) is 2.94. The van der Waals surface area contributed by atoms with Crippen molar-refractivity contribution >= 4 is 38.4 Å². The lowest BCUT2D eigenvalue weighted by Crippen LogP contribution is -2.30. The fourth-order valence-electron chi connectivity index (χ4n) is 2.78. The number of sulfonamides is 1. The van der Waals surface area contributed by atoms with E-state index in [1.165, 1.54) is 31.2 Å². The van der Waals surface area contributed by atoms with Crippen LogP contribution in [0.1, 0.15) is 17.3 Å². The van der Waals surface area contributed by atoms with Gasteiger partial charge in [0.2, 0.25) is 10.0 Å². The highest BCUT2D eigenvalue weighted by atomic mass is 32.2. The highest BCUT2D eigenvalue weighted by Crippen LogP contribution is 2.19. The van der Waals surface area contributed by atoms with E-state index in [-0.39, 0.29) is 17.0 Å². The number of carbonyl (C=O) groups excluding carboxylic acids is 2. The molecule has 3 aromatic carbocycles. The molecule has 0 aliphatic heterocycles. The zero-order valence-electron chi connectivity index (χ0n) is 16.7. The molecule has 0 heterocycles. The van der Waals surface area contributed by atoms with E-state index in [2.05, 4.69) is 16.0 Å². The van der Waals surface area contributed by atoms with E-state index in [0.29, 0.717) is 5.69 Å². The smallest absolute Gasteiger partial charge is 0.338 e. The SMILES string of the molecule is C#CCNS(=O)(=O)c1ccc(C(=O)OC(C)C(=O)Nc2ccc3ccccc3c2)cc1. The minimum atomic E-state index is -3.76. The van der Waals surface area contributed by atoms with Crippen molar-refractivity contribution in [2.75, 3.05) is 11.9 Å². The van der Waals surface area contributed by atoms with E-state index in [4.69, 9.17) is 11.2 Å². The fourth-order valence-corrected chi connectivity index (χ4v) is 3.72. The summed E-state index contributed by atoms with van der Waals surface area (Å²) < 4.78 is 31.5. The number of hydrogen-bond donors (Lipinski definition) is 2. The summed E-state index contributed by atoms with van der Waals surface area (Å²) in [4.78, 5) is 24.7. The van der Waals surface area contributed by atoms with Crippen molar-refractivity contribution in [1.29, 1.82) is 0 Å². The van der Waals surface area contributed by atoms with E-state index < -0.39 is 28.0 Å². The minimum Gasteiger partial charge on any atom is -0.449 e. The summed E-state index contributed by atoms with van der Waals surface area (Å²) >= 11 is 0. The summed E-state index contributed by atoms with van der Waals surface area (Å²) in [5.41, 5.74) is 0.696. The number of anilines is 1. The molecule has 1 atom stereocenters. The van der Waals surface area contributed by atoms with Crippen LogP contribution in [0.4, 0.5) is 5.69 Å². The monoisotopic (exact) mass is 436 g/mol. The molecule has 0 saturated heterocycles. The van der Waals surface area contributed by atoms with Crippen LogP contribution in [0.25, 0.3) is 10.8 Å². The molecule has 7 nitrogen and oxygen atoms in total. The molecule has 0 aromatic heterocycles. The zero-order valence-corrected chi connectivity index (χ0v) is 17.5. The molecule has 1 amide bonds. The van der Waals surface area contributed by atoms with Crippen LogP contribution >= 0.6 is 0 Å². The second-order valence-corrected chi connectivity index (χ2v) is 8.42. The van der Waals surface area contributed by atoms with E-state index in [1.54, 1.807) is 6.07 Å². The normalized spacial score (nSPS) is 12.0. The molecule has 0 aliphatic rings. The van der Waals surface area contributed by atoms with Crippen LogP contribution in [-0.4, -0.2) is 32.9 Å². The van der Waals surface area contributed by atoms with Gasteiger partial charge in [0.25, 0.3) is 5.91 Å². The van der Waals surface area contributed by atoms with E-state index in [0.717, 1.165) is 10.8 Å². The molecular weight excluding hydrogens is 416 g/mol. The molecule has 0 saturated carbocycles. The molecule has 0 spiro atoms. The molecule has 0 radical (unpaired) electrons. The first-order valence-electron chi connectivity index (χ1n) is 9.34. The molecule has 3 aromatic rings. The van der Waals surface area contributed by atoms with Gasteiger partial charge in [-0.25, -0.2) is 13.2 Å². The second-order valence-electron chi connectivity index (χ2n) is 6.65. The van der Waals surface area contributed by atoms with Crippen LogP contribution in [0.3, 0.4) is 0 Å². The largest absolute Gasteiger partial charge is 0.449 e. The maximum absolute atomic E-state index is 12.4. The summed E-state index contributed by atoms with van der Waals surface area (Å²) in [6.07, 6.45) is 3.99. The van der Waals surface area contributed by atoms with Crippen LogP contribution in [0.15, 0.2) is 71.6 Å². The molecule has 158 valence electrons. The molecule has 0 fully saturated rings. The van der Waals surface area contributed by atoms with Crippen molar-refractivity contribution in [1.82, 2.24) is 4.72 Å². The lowest BCUT2D eigenvalue weighted by molar-refractivity contribution is -0.123. The Labute approximate surface area is 180 Å². The van der Waals surface area contributed by atoms with Gasteiger partial charge in [0.15, 0.2) is 6.10 Å². The number of amides is 1. The number of rotatable bonds is 7. The Hall–Kier alpha value is -3.67. The van der Waals surface area contributed by atoms with Gasteiger partial charge in [0.05, 0.1) is 17.0 Å². The third kappa shape index (κ3) is 5.48. The molecule has 0 aliphatic carbocycles. The predicted molar refractivity (Wildman–Crippen MR) is 118 cm³/mol. The molecule has 8 heteroatoms. The molecule has 3 rings (SSSR count). The zero-order chi connectivity index (χ0) is 22.4. The van der Waals surface area contributed by atoms with Gasteiger partial charge in [-0.05, 0) is 54.1 Å². The average molecular weight is 436 g/mol. The van der Waals surface area contributed by atoms with Crippen molar-refractivity contribution in [3.8, 4) is 12.3 Å². The second kappa shape index (κ2) is 9.43. The number of ether oxygens (including phenoxy) is 1. The van der Waals surface area contributed by atoms with Crippen LogP contribution in [0.5, 0.6) is 0 Å². The lowest BCUT2D eigenvalue weighted by Gasteiger charge is -2.14. The summed E-state index contributed by atoms with van der Waals surface area (Å²) in [5.74, 6) is 0.946. The van der Waals surface area contributed by atoms with E-state index >= 15 is 0 Å². The third-order valence-corrected chi connectivity index (χ3v) is 5.85. The Balaban J connectivity index is 1.62. The molecular formula is C23H20N2O5S. The Bertz CT molecular complexity index is 1260. The summed E-state index contributed by atoms with van der Waals surface area (Å²) in [5, 5.41) is 4.73. The van der Waals surface area contributed by atoms with Crippen LogP contribution in [0.2, 0.25) is 0 Å². The Kier molecular flexibility index (Phi) is 6.70. The fraction of sp³-hybridized carbons (Fsp3) is 0.130. The first kappa shape index (κ1) is 22.0. The van der Waals surface area contributed by atoms with Crippen LogP contribution < -0.4 is 10.0 Å². The number of esters is 1. The minimum absolute atomic E-state index is 0.0404. The van der Waals surface area contributed by atoms with Gasteiger partial charge in [0, 0.05) is 5.69 Å². The van der Waals surface area contributed by atoms with Gasteiger partial charge in [-0.2, -0.15) is 4.72 Å². The summed E-state index contributed by atoms with van der Waals surface area (Å²) in [7, 11) is -3.76. The summed E-state index contributed by atoms with van der Waals surface area (Å²) in [6.45, 7) is 1.31. The van der Waals surface area contributed by atoms with Gasteiger partial charge in [-0.3, -0.25) is 4.79 Å². The quantitative estimate of drug-likeness (QED) is 0.438. The van der Waals surface area contributed by atoms with E-state index in [9.17, 15) is 18.0 Å². The number of benzene rings is 3. The van der Waals surface area contributed by atoms with Crippen molar-refractivity contribution in [2.24, 2.45) is 0 Å². The Morgan fingerprint density at radius 3 is 2.39 bits per heavy atom. The van der Waals surface area contributed by atoms with Crippen molar-refractivity contribution in [2.45, 2.75) is 17.9 Å².